The summed E-state index contributed by atoms with van der Waals surface area (Å²) in [5.74, 6) is 0. The standard InChI is InChI=1S/C14H15NS.BrH/c1-11(16)15(2)10-12-7-8-13-5-3-4-6-14(13)9-12;/h3-9H,10H2,1-2H3;1H. The second kappa shape index (κ2) is 6.12. The van der Waals surface area contributed by atoms with E-state index in [0.29, 0.717) is 0 Å². The molecule has 0 fully saturated rings. The lowest BCUT2D eigenvalue weighted by Gasteiger charge is -2.17. The van der Waals surface area contributed by atoms with Crippen LogP contribution in [0.25, 0.3) is 10.8 Å². The van der Waals surface area contributed by atoms with E-state index in [1.807, 2.05) is 14.0 Å². The second-order valence-corrected chi connectivity index (χ2v) is 4.65. The predicted octanol–water partition coefficient (Wildman–Crippen LogP) is 4.20. The van der Waals surface area contributed by atoms with Crippen LogP contribution in [0.3, 0.4) is 0 Å². The summed E-state index contributed by atoms with van der Waals surface area (Å²) in [5.41, 5.74) is 1.30. The van der Waals surface area contributed by atoms with Gasteiger partial charge in [0.2, 0.25) is 0 Å². The van der Waals surface area contributed by atoms with Crippen LogP contribution in [0, 0.1) is 0 Å². The highest BCUT2D eigenvalue weighted by Gasteiger charge is 2.01. The van der Waals surface area contributed by atoms with Crippen molar-refractivity contribution in [2.24, 2.45) is 0 Å². The van der Waals surface area contributed by atoms with Gasteiger partial charge in [-0.1, -0.05) is 48.6 Å². The summed E-state index contributed by atoms with van der Waals surface area (Å²) >= 11 is 5.14. The minimum absolute atomic E-state index is 0. The van der Waals surface area contributed by atoms with Crippen LogP contribution in [0.4, 0.5) is 0 Å². The Bertz CT molecular complexity index is 524. The number of benzene rings is 2. The van der Waals surface area contributed by atoms with Crippen molar-refractivity contribution in [2.45, 2.75) is 13.5 Å². The minimum atomic E-state index is 0. The van der Waals surface area contributed by atoms with E-state index in [9.17, 15) is 0 Å². The lowest BCUT2D eigenvalue weighted by molar-refractivity contribution is 0.507. The fourth-order valence-corrected chi connectivity index (χ4v) is 1.79. The Balaban J connectivity index is 0.00000144. The molecule has 0 N–H and O–H groups in total. The molecule has 2 aromatic carbocycles. The van der Waals surface area contributed by atoms with Crippen molar-refractivity contribution in [3.63, 3.8) is 0 Å². The third-order valence-electron chi connectivity index (χ3n) is 2.77. The van der Waals surface area contributed by atoms with Gasteiger partial charge in [-0.2, -0.15) is 0 Å². The molecule has 0 aliphatic heterocycles. The van der Waals surface area contributed by atoms with E-state index < -0.39 is 0 Å². The molecule has 0 atom stereocenters. The highest BCUT2D eigenvalue weighted by atomic mass is 79.9. The minimum Gasteiger partial charge on any atom is -0.365 e. The molecule has 0 saturated carbocycles. The monoisotopic (exact) mass is 309 g/mol. The van der Waals surface area contributed by atoms with Crippen LogP contribution in [0.2, 0.25) is 0 Å². The normalized spacial score (nSPS) is 9.76. The number of hydrogen-bond acceptors (Lipinski definition) is 1. The topological polar surface area (TPSA) is 3.24 Å². The molecule has 2 rings (SSSR count). The van der Waals surface area contributed by atoms with Crippen molar-refractivity contribution in [2.75, 3.05) is 7.05 Å². The van der Waals surface area contributed by atoms with Gasteiger partial charge in [0.1, 0.15) is 0 Å². The summed E-state index contributed by atoms with van der Waals surface area (Å²) in [6, 6.07) is 15.0. The average molecular weight is 310 g/mol. The molecule has 90 valence electrons. The van der Waals surface area contributed by atoms with E-state index in [1.54, 1.807) is 0 Å². The Hall–Kier alpha value is -0.930. The third-order valence-corrected chi connectivity index (χ3v) is 3.08. The molecule has 0 amide bonds. The van der Waals surface area contributed by atoms with Gasteiger partial charge in [0, 0.05) is 13.6 Å². The Morgan fingerprint density at radius 2 is 1.76 bits per heavy atom. The van der Waals surface area contributed by atoms with Gasteiger partial charge in [-0.25, -0.2) is 0 Å². The number of hydrogen-bond donors (Lipinski definition) is 0. The van der Waals surface area contributed by atoms with E-state index in [2.05, 4.69) is 47.4 Å². The molecule has 0 saturated heterocycles. The van der Waals surface area contributed by atoms with Gasteiger partial charge in [0.05, 0.1) is 4.99 Å². The first-order valence-corrected chi connectivity index (χ1v) is 5.77. The van der Waals surface area contributed by atoms with Gasteiger partial charge in [0.25, 0.3) is 0 Å². The van der Waals surface area contributed by atoms with Gasteiger partial charge < -0.3 is 4.90 Å². The molecule has 0 radical (unpaired) electrons. The van der Waals surface area contributed by atoms with Gasteiger partial charge >= 0.3 is 0 Å². The fourth-order valence-electron chi connectivity index (χ4n) is 1.72. The molecular weight excluding hydrogens is 294 g/mol. The third kappa shape index (κ3) is 3.51. The van der Waals surface area contributed by atoms with E-state index in [1.165, 1.54) is 16.3 Å². The lowest BCUT2D eigenvalue weighted by Crippen LogP contribution is -2.21. The van der Waals surface area contributed by atoms with Crippen molar-refractivity contribution >= 4 is 45.0 Å². The Morgan fingerprint density at radius 3 is 2.41 bits per heavy atom. The van der Waals surface area contributed by atoms with E-state index in [-0.39, 0.29) is 17.0 Å². The van der Waals surface area contributed by atoms with Crippen molar-refractivity contribution in [3.8, 4) is 0 Å². The summed E-state index contributed by atoms with van der Waals surface area (Å²) in [6.07, 6.45) is 0. The maximum atomic E-state index is 5.14. The molecule has 0 unspecified atom stereocenters. The maximum Gasteiger partial charge on any atom is 0.0748 e. The molecule has 0 aliphatic carbocycles. The number of nitrogens with zero attached hydrogens (tertiary/aromatic N) is 1. The van der Waals surface area contributed by atoms with Crippen LogP contribution in [0.5, 0.6) is 0 Å². The summed E-state index contributed by atoms with van der Waals surface area (Å²) in [4.78, 5) is 3.01. The molecule has 1 nitrogen and oxygen atoms in total. The van der Waals surface area contributed by atoms with Crippen molar-refractivity contribution in [1.82, 2.24) is 4.90 Å². The molecule has 3 heteroatoms. The molecule has 0 bridgehead atoms. The first-order chi connectivity index (χ1) is 7.66. The average Bonchev–Trinajstić information content (AvgIpc) is 2.28. The molecule has 2 aromatic rings. The molecule has 0 spiro atoms. The van der Waals surface area contributed by atoms with Crippen LogP contribution in [-0.4, -0.2) is 16.9 Å². The van der Waals surface area contributed by atoms with Crippen LogP contribution in [0.15, 0.2) is 42.5 Å². The van der Waals surface area contributed by atoms with E-state index in [0.717, 1.165) is 11.5 Å². The number of thiocarbonyl (C=S) groups is 1. The zero-order valence-corrected chi connectivity index (χ0v) is 12.5. The largest absolute Gasteiger partial charge is 0.365 e. The number of fused-ring (bicyclic) bond motifs is 1. The van der Waals surface area contributed by atoms with Crippen LogP contribution < -0.4 is 0 Å². The van der Waals surface area contributed by atoms with Crippen molar-refractivity contribution < 1.29 is 0 Å². The Morgan fingerprint density at radius 1 is 1.12 bits per heavy atom. The SMILES string of the molecule is Br.CC(=S)N(C)Cc1ccc2ccccc2c1. The first kappa shape index (κ1) is 14.1. The van der Waals surface area contributed by atoms with Gasteiger partial charge in [-0.15, -0.1) is 17.0 Å². The van der Waals surface area contributed by atoms with Crippen molar-refractivity contribution in [1.29, 1.82) is 0 Å². The van der Waals surface area contributed by atoms with E-state index in [4.69, 9.17) is 12.2 Å². The van der Waals surface area contributed by atoms with E-state index >= 15 is 0 Å². The first-order valence-electron chi connectivity index (χ1n) is 5.36. The zero-order chi connectivity index (χ0) is 11.5. The molecular formula is C14H16BrNS. The summed E-state index contributed by atoms with van der Waals surface area (Å²) < 4.78 is 0. The molecule has 17 heavy (non-hydrogen) atoms. The van der Waals surface area contributed by atoms with Crippen LogP contribution >= 0.6 is 29.2 Å². The van der Waals surface area contributed by atoms with Crippen LogP contribution in [0.1, 0.15) is 12.5 Å². The Labute approximate surface area is 118 Å². The van der Waals surface area contributed by atoms with Gasteiger partial charge in [0.15, 0.2) is 0 Å². The fraction of sp³-hybridized carbons (Fsp3) is 0.214. The van der Waals surface area contributed by atoms with Gasteiger partial charge in [-0.3, -0.25) is 0 Å². The van der Waals surface area contributed by atoms with Crippen LogP contribution in [-0.2, 0) is 6.54 Å². The summed E-state index contributed by atoms with van der Waals surface area (Å²) in [6.45, 7) is 2.83. The highest BCUT2D eigenvalue weighted by molar-refractivity contribution is 8.93. The van der Waals surface area contributed by atoms with Crippen molar-refractivity contribution in [3.05, 3.63) is 48.0 Å². The Kier molecular flexibility index (Phi) is 5.09. The quantitative estimate of drug-likeness (QED) is 0.765. The number of rotatable bonds is 2. The molecule has 0 aliphatic rings. The van der Waals surface area contributed by atoms with Gasteiger partial charge in [-0.05, 0) is 29.3 Å². The highest BCUT2D eigenvalue weighted by Crippen LogP contribution is 2.16. The summed E-state index contributed by atoms with van der Waals surface area (Å²) in [5, 5.41) is 2.57. The second-order valence-electron chi connectivity index (χ2n) is 4.06. The summed E-state index contributed by atoms with van der Waals surface area (Å²) in [7, 11) is 2.03. The number of halogens is 1. The lowest BCUT2D eigenvalue weighted by atomic mass is 10.1. The maximum absolute atomic E-state index is 5.14. The predicted molar refractivity (Wildman–Crippen MR) is 84.0 cm³/mol. The molecule has 0 aromatic heterocycles. The smallest absolute Gasteiger partial charge is 0.0748 e. The zero-order valence-electron chi connectivity index (χ0n) is 10.0. The molecule has 0 heterocycles.